The number of methoxy groups -OCH3 is 1. The minimum Gasteiger partial charge on any atom is -0.368 e. The summed E-state index contributed by atoms with van der Waals surface area (Å²) in [4.78, 5) is 12.3. The van der Waals surface area contributed by atoms with Crippen LogP contribution in [-0.4, -0.2) is 31.7 Å². The second-order valence-electron chi connectivity index (χ2n) is 4.88. The third kappa shape index (κ3) is 4.30. The fourth-order valence-electron chi connectivity index (χ4n) is 2.35. The summed E-state index contributed by atoms with van der Waals surface area (Å²) < 4.78 is 18.5. The monoisotopic (exact) mass is 336 g/mol. The lowest BCUT2D eigenvalue weighted by Gasteiger charge is -2.34. The third-order valence-corrected chi connectivity index (χ3v) is 3.94. The van der Waals surface area contributed by atoms with Gasteiger partial charge in [0.25, 0.3) is 5.91 Å². The van der Waals surface area contributed by atoms with E-state index in [1.54, 1.807) is 13.2 Å². The molecule has 1 aliphatic rings. The largest absolute Gasteiger partial charge is 0.368 e. The van der Waals surface area contributed by atoms with E-state index >= 15 is 0 Å². The molecule has 1 fully saturated rings. The van der Waals surface area contributed by atoms with Crippen LogP contribution in [0.2, 0.25) is 5.02 Å². The Morgan fingerprint density at radius 2 is 2.14 bits per heavy atom. The van der Waals surface area contributed by atoms with Gasteiger partial charge in [-0.15, -0.1) is 12.4 Å². The number of rotatable bonds is 4. The van der Waals surface area contributed by atoms with Gasteiger partial charge in [-0.25, -0.2) is 4.39 Å². The SMILES string of the molecule is COC1(C(=O)NCc2ccc(F)c(Cl)c2)CCNCC1.Cl. The van der Waals surface area contributed by atoms with Crippen molar-refractivity contribution in [3.8, 4) is 0 Å². The number of hydrogen-bond donors (Lipinski definition) is 2. The van der Waals surface area contributed by atoms with Crippen molar-refractivity contribution in [2.75, 3.05) is 20.2 Å². The van der Waals surface area contributed by atoms with Gasteiger partial charge in [0.2, 0.25) is 0 Å². The summed E-state index contributed by atoms with van der Waals surface area (Å²) in [6.07, 6.45) is 1.28. The maximum Gasteiger partial charge on any atom is 0.252 e. The fourth-order valence-corrected chi connectivity index (χ4v) is 2.55. The summed E-state index contributed by atoms with van der Waals surface area (Å²) in [7, 11) is 1.56. The Hall–Kier alpha value is -0.880. The highest BCUT2D eigenvalue weighted by molar-refractivity contribution is 6.30. The molecule has 0 aliphatic carbocycles. The first-order valence-electron chi connectivity index (χ1n) is 6.55. The van der Waals surface area contributed by atoms with Gasteiger partial charge in [-0.05, 0) is 43.6 Å². The number of ether oxygens (including phenoxy) is 1. The first-order valence-corrected chi connectivity index (χ1v) is 6.93. The maximum absolute atomic E-state index is 13.1. The van der Waals surface area contributed by atoms with E-state index in [0.717, 1.165) is 18.7 Å². The van der Waals surface area contributed by atoms with E-state index in [2.05, 4.69) is 10.6 Å². The molecular formula is C14H19Cl2FN2O2. The van der Waals surface area contributed by atoms with Crippen molar-refractivity contribution in [2.45, 2.75) is 25.0 Å². The van der Waals surface area contributed by atoms with Gasteiger partial charge in [-0.3, -0.25) is 4.79 Å². The van der Waals surface area contributed by atoms with Crippen LogP contribution in [0.3, 0.4) is 0 Å². The van der Waals surface area contributed by atoms with Crippen molar-refractivity contribution < 1.29 is 13.9 Å². The fraction of sp³-hybridized carbons (Fsp3) is 0.500. The molecule has 1 aliphatic heterocycles. The quantitative estimate of drug-likeness (QED) is 0.886. The first kappa shape index (κ1) is 18.2. The first-order chi connectivity index (χ1) is 9.57. The Kier molecular flexibility index (Phi) is 6.87. The van der Waals surface area contributed by atoms with Crippen LogP contribution in [0.4, 0.5) is 4.39 Å². The third-order valence-electron chi connectivity index (χ3n) is 3.65. The van der Waals surface area contributed by atoms with Crippen LogP contribution in [0.5, 0.6) is 0 Å². The van der Waals surface area contributed by atoms with Crippen LogP contribution in [-0.2, 0) is 16.1 Å². The van der Waals surface area contributed by atoms with Gasteiger partial charge in [0, 0.05) is 13.7 Å². The van der Waals surface area contributed by atoms with Crippen molar-refractivity contribution in [3.05, 3.63) is 34.6 Å². The highest BCUT2D eigenvalue weighted by Crippen LogP contribution is 2.23. The molecule has 2 N–H and O–H groups in total. The van der Waals surface area contributed by atoms with Crippen molar-refractivity contribution in [1.29, 1.82) is 0 Å². The molecule has 0 saturated carbocycles. The van der Waals surface area contributed by atoms with E-state index in [0.29, 0.717) is 19.4 Å². The number of nitrogens with one attached hydrogen (secondary N) is 2. The highest BCUT2D eigenvalue weighted by atomic mass is 35.5. The lowest BCUT2D eigenvalue weighted by atomic mass is 9.91. The smallest absolute Gasteiger partial charge is 0.252 e. The van der Waals surface area contributed by atoms with Crippen molar-refractivity contribution in [2.24, 2.45) is 0 Å². The molecule has 0 bridgehead atoms. The molecule has 0 unspecified atom stereocenters. The van der Waals surface area contributed by atoms with E-state index in [1.807, 2.05) is 0 Å². The van der Waals surface area contributed by atoms with Crippen molar-refractivity contribution >= 4 is 29.9 Å². The summed E-state index contributed by atoms with van der Waals surface area (Å²) in [5.41, 5.74) is -0.0142. The summed E-state index contributed by atoms with van der Waals surface area (Å²) in [6.45, 7) is 1.81. The molecule has 0 spiro atoms. The lowest BCUT2D eigenvalue weighted by molar-refractivity contribution is -0.146. The Labute approximate surface area is 134 Å². The molecule has 0 atom stereocenters. The Bertz CT molecular complexity index is 494. The Morgan fingerprint density at radius 1 is 1.48 bits per heavy atom. The van der Waals surface area contributed by atoms with Gasteiger partial charge in [-0.2, -0.15) is 0 Å². The number of benzene rings is 1. The van der Waals surface area contributed by atoms with E-state index in [1.165, 1.54) is 12.1 Å². The predicted octanol–water partition coefficient (Wildman–Crippen LogP) is 2.29. The molecule has 1 aromatic carbocycles. The molecule has 1 amide bonds. The van der Waals surface area contributed by atoms with E-state index < -0.39 is 11.4 Å². The Balaban J connectivity index is 0.00000220. The molecule has 21 heavy (non-hydrogen) atoms. The zero-order valence-corrected chi connectivity index (χ0v) is 13.3. The summed E-state index contributed by atoms with van der Waals surface area (Å²) in [6, 6.07) is 4.41. The summed E-state index contributed by atoms with van der Waals surface area (Å²) in [5, 5.41) is 6.09. The van der Waals surface area contributed by atoms with Crippen molar-refractivity contribution in [1.82, 2.24) is 10.6 Å². The molecule has 118 valence electrons. The minimum atomic E-state index is -0.769. The molecule has 1 aromatic rings. The van der Waals surface area contributed by atoms with E-state index in [-0.39, 0.29) is 23.3 Å². The maximum atomic E-state index is 13.1. The van der Waals surface area contributed by atoms with Crippen LogP contribution in [0, 0.1) is 5.82 Å². The normalized spacial score (nSPS) is 16.9. The van der Waals surface area contributed by atoms with Crippen LogP contribution < -0.4 is 10.6 Å². The molecule has 2 rings (SSSR count). The topological polar surface area (TPSA) is 50.4 Å². The summed E-state index contributed by atoms with van der Waals surface area (Å²) >= 11 is 5.71. The number of halogens is 3. The average molecular weight is 337 g/mol. The minimum absolute atomic E-state index is 0. The Morgan fingerprint density at radius 3 is 2.71 bits per heavy atom. The number of amides is 1. The molecule has 4 nitrogen and oxygen atoms in total. The van der Waals surface area contributed by atoms with Crippen LogP contribution in [0.1, 0.15) is 18.4 Å². The van der Waals surface area contributed by atoms with Gasteiger partial charge in [0.1, 0.15) is 11.4 Å². The number of hydrogen-bond acceptors (Lipinski definition) is 3. The predicted molar refractivity (Wildman–Crippen MR) is 82.3 cm³/mol. The van der Waals surface area contributed by atoms with Gasteiger partial charge >= 0.3 is 0 Å². The second kappa shape index (κ2) is 7.94. The van der Waals surface area contributed by atoms with Gasteiger partial charge in [0.15, 0.2) is 0 Å². The van der Waals surface area contributed by atoms with Gasteiger partial charge < -0.3 is 15.4 Å². The highest BCUT2D eigenvalue weighted by Gasteiger charge is 2.39. The number of piperidine rings is 1. The van der Waals surface area contributed by atoms with Gasteiger partial charge in [-0.1, -0.05) is 17.7 Å². The molecule has 1 saturated heterocycles. The van der Waals surface area contributed by atoms with E-state index in [9.17, 15) is 9.18 Å². The van der Waals surface area contributed by atoms with Crippen LogP contribution >= 0.6 is 24.0 Å². The average Bonchev–Trinajstić information content (AvgIpc) is 2.48. The molecule has 0 aromatic heterocycles. The lowest BCUT2D eigenvalue weighted by Crippen LogP contribution is -2.53. The zero-order valence-electron chi connectivity index (χ0n) is 11.7. The summed E-state index contributed by atoms with van der Waals surface area (Å²) in [5.74, 6) is -0.601. The standard InChI is InChI=1S/C14H18ClFN2O2.ClH/c1-20-14(4-6-17-7-5-14)13(19)18-9-10-2-3-12(16)11(15)8-10;/h2-3,8,17H,4-7,9H2,1H3,(H,18,19);1H. The van der Waals surface area contributed by atoms with Crippen molar-refractivity contribution in [3.63, 3.8) is 0 Å². The van der Waals surface area contributed by atoms with Crippen LogP contribution in [0.25, 0.3) is 0 Å². The number of carbonyl (C=O) groups excluding carboxylic acids is 1. The number of carbonyl (C=O) groups is 1. The van der Waals surface area contributed by atoms with E-state index in [4.69, 9.17) is 16.3 Å². The molecule has 7 heteroatoms. The molecular weight excluding hydrogens is 318 g/mol. The zero-order chi connectivity index (χ0) is 14.6. The second-order valence-corrected chi connectivity index (χ2v) is 5.29. The molecule has 1 heterocycles. The van der Waals surface area contributed by atoms with Crippen LogP contribution in [0.15, 0.2) is 18.2 Å². The molecule has 0 radical (unpaired) electrons. The van der Waals surface area contributed by atoms with Gasteiger partial charge in [0.05, 0.1) is 5.02 Å².